The van der Waals surface area contributed by atoms with Gasteiger partial charge in [-0.15, -0.1) is 0 Å². The Morgan fingerprint density at radius 1 is 1.24 bits per heavy atom. The Labute approximate surface area is 173 Å². The lowest BCUT2D eigenvalue weighted by Crippen LogP contribution is -2.28. The number of fused-ring (bicyclic) bond motifs is 1. The third-order valence-electron chi connectivity index (χ3n) is 4.30. The lowest BCUT2D eigenvalue weighted by molar-refractivity contribution is 0.0949. The normalized spacial score (nSPS) is 10.8. The summed E-state index contributed by atoms with van der Waals surface area (Å²) in [5.41, 5.74) is 1.70. The molecular formula is C22H22N4O2S. The zero-order valence-corrected chi connectivity index (χ0v) is 17.2. The van der Waals surface area contributed by atoms with Crippen molar-refractivity contribution in [3.05, 3.63) is 70.0 Å². The van der Waals surface area contributed by atoms with Crippen LogP contribution in [0.15, 0.2) is 58.5 Å². The summed E-state index contributed by atoms with van der Waals surface area (Å²) in [4.78, 5) is 30.1. The van der Waals surface area contributed by atoms with E-state index >= 15 is 0 Å². The van der Waals surface area contributed by atoms with Gasteiger partial charge in [0.05, 0.1) is 29.3 Å². The quantitative estimate of drug-likeness (QED) is 0.480. The van der Waals surface area contributed by atoms with Crippen molar-refractivity contribution < 1.29 is 4.79 Å². The lowest BCUT2D eigenvalue weighted by Gasteiger charge is -2.13. The molecule has 1 heterocycles. The van der Waals surface area contributed by atoms with E-state index in [1.807, 2.05) is 44.2 Å². The summed E-state index contributed by atoms with van der Waals surface area (Å²) in [5, 5.41) is 12.8. The van der Waals surface area contributed by atoms with Gasteiger partial charge in [-0.3, -0.25) is 14.2 Å². The van der Waals surface area contributed by atoms with E-state index in [2.05, 4.69) is 16.4 Å². The highest BCUT2D eigenvalue weighted by Crippen LogP contribution is 2.19. The van der Waals surface area contributed by atoms with Gasteiger partial charge >= 0.3 is 0 Å². The first-order valence-corrected chi connectivity index (χ1v) is 10.3. The van der Waals surface area contributed by atoms with E-state index in [0.717, 1.165) is 5.56 Å². The van der Waals surface area contributed by atoms with Gasteiger partial charge < -0.3 is 5.32 Å². The molecule has 0 atom stereocenters. The molecule has 1 N–H and O–H groups in total. The Hall–Kier alpha value is -3.11. The number of carbonyl (C=O) groups excluding carboxylic acids is 1. The number of hydrogen-bond acceptors (Lipinski definition) is 5. The molecular weight excluding hydrogens is 384 g/mol. The molecule has 0 unspecified atom stereocenters. The van der Waals surface area contributed by atoms with Gasteiger partial charge in [0.15, 0.2) is 5.16 Å². The monoisotopic (exact) mass is 406 g/mol. The lowest BCUT2D eigenvalue weighted by atomic mass is 10.1. The Bertz CT molecular complexity index is 1120. The summed E-state index contributed by atoms with van der Waals surface area (Å²) < 4.78 is 1.58. The molecule has 29 heavy (non-hydrogen) atoms. The minimum Gasteiger partial charge on any atom is -0.352 e. The smallest absolute Gasteiger partial charge is 0.262 e. The molecule has 3 rings (SSSR count). The van der Waals surface area contributed by atoms with Crippen LogP contribution < -0.4 is 10.9 Å². The van der Waals surface area contributed by atoms with Crippen LogP contribution in [-0.4, -0.2) is 27.8 Å². The van der Waals surface area contributed by atoms with Crippen LogP contribution >= 0.6 is 11.8 Å². The summed E-state index contributed by atoms with van der Waals surface area (Å²) >= 11 is 1.21. The molecule has 1 amide bonds. The number of rotatable bonds is 7. The third kappa shape index (κ3) is 5.04. The average Bonchev–Trinajstić information content (AvgIpc) is 2.73. The first-order chi connectivity index (χ1) is 14.0. The standard InChI is InChI=1S/C22H22N4O2S/c1-15(2)13-24-20(27)17-8-9-18-19(12-17)25-22(29-11-10-23)26(21(18)28)14-16-6-4-3-5-7-16/h3-9,12,15H,11,13-14H2,1-2H3,(H,24,27). The second-order valence-corrected chi connectivity index (χ2v) is 8.00. The van der Waals surface area contributed by atoms with Crippen molar-refractivity contribution in [2.75, 3.05) is 12.3 Å². The van der Waals surface area contributed by atoms with Crippen LogP contribution in [0.4, 0.5) is 0 Å². The fourth-order valence-electron chi connectivity index (χ4n) is 2.85. The molecule has 2 aromatic carbocycles. The predicted octanol–water partition coefficient (Wildman–Crippen LogP) is 3.45. The summed E-state index contributed by atoms with van der Waals surface area (Å²) in [7, 11) is 0. The largest absolute Gasteiger partial charge is 0.352 e. The molecule has 0 bridgehead atoms. The van der Waals surface area contributed by atoms with E-state index in [1.54, 1.807) is 22.8 Å². The van der Waals surface area contributed by atoms with Gasteiger partial charge in [0.1, 0.15) is 0 Å². The van der Waals surface area contributed by atoms with Crippen molar-refractivity contribution >= 4 is 28.6 Å². The maximum absolute atomic E-state index is 13.1. The summed E-state index contributed by atoms with van der Waals surface area (Å²) in [6.45, 7) is 4.99. The molecule has 3 aromatic rings. The number of nitriles is 1. The molecule has 0 fully saturated rings. The molecule has 148 valence electrons. The second-order valence-electron chi connectivity index (χ2n) is 7.05. The molecule has 0 aliphatic carbocycles. The zero-order valence-electron chi connectivity index (χ0n) is 16.4. The van der Waals surface area contributed by atoms with Gasteiger partial charge in [-0.05, 0) is 29.7 Å². The van der Waals surface area contributed by atoms with Crippen LogP contribution in [-0.2, 0) is 6.54 Å². The highest BCUT2D eigenvalue weighted by molar-refractivity contribution is 7.99. The van der Waals surface area contributed by atoms with Gasteiger partial charge in [0.25, 0.3) is 11.5 Å². The number of amides is 1. The number of carbonyl (C=O) groups is 1. The van der Waals surface area contributed by atoms with E-state index in [9.17, 15) is 9.59 Å². The van der Waals surface area contributed by atoms with Crippen molar-refractivity contribution in [3.8, 4) is 6.07 Å². The molecule has 0 aliphatic rings. The fraction of sp³-hybridized carbons (Fsp3) is 0.273. The zero-order chi connectivity index (χ0) is 20.8. The van der Waals surface area contributed by atoms with Crippen molar-refractivity contribution in [3.63, 3.8) is 0 Å². The molecule has 0 saturated heterocycles. The van der Waals surface area contributed by atoms with Crippen molar-refractivity contribution in [2.24, 2.45) is 5.92 Å². The fourth-order valence-corrected chi connectivity index (χ4v) is 3.51. The van der Waals surface area contributed by atoms with Crippen molar-refractivity contribution in [1.82, 2.24) is 14.9 Å². The molecule has 6 nitrogen and oxygen atoms in total. The van der Waals surface area contributed by atoms with Crippen LogP contribution in [0.25, 0.3) is 10.9 Å². The van der Waals surface area contributed by atoms with E-state index in [-0.39, 0.29) is 17.2 Å². The topological polar surface area (TPSA) is 87.8 Å². The van der Waals surface area contributed by atoms with Gasteiger partial charge in [-0.25, -0.2) is 4.98 Å². The van der Waals surface area contributed by atoms with Crippen LogP contribution in [0.5, 0.6) is 0 Å². The number of hydrogen-bond donors (Lipinski definition) is 1. The molecule has 0 saturated carbocycles. The van der Waals surface area contributed by atoms with E-state index < -0.39 is 0 Å². The van der Waals surface area contributed by atoms with E-state index in [1.165, 1.54) is 11.8 Å². The highest BCUT2D eigenvalue weighted by Gasteiger charge is 2.14. The van der Waals surface area contributed by atoms with Crippen LogP contribution in [0.2, 0.25) is 0 Å². The highest BCUT2D eigenvalue weighted by atomic mass is 32.2. The van der Waals surface area contributed by atoms with Gasteiger partial charge in [-0.1, -0.05) is 55.9 Å². The van der Waals surface area contributed by atoms with Gasteiger partial charge in [-0.2, -0.15) is 5.26 Å². The Balaban J connectivity index is 2.04. The van der Waals surface area contributed by atoms with Crippen LogP contribution in [0.1, 0.15) is 29.8 Å². The third-order valence-corrected chi connectivity index (χ3v) is 5.15. The first kappa shape index (κ1) is 20.6. The summed E-state index contributed by atoms with van der Waals surface area (Å²) in [6.07, 6.45) is 0. The number of thioether (sulfide) groups is 1. The maximum Gasteiger partial charge on any atom is 0.262 e. The van der Waals surface area contributed by atoms with Crippen molar-refractivity contribution in [2.45, 2.75) is 25.5 Å². The van der Waals surface area contributed by atoms with Crippen LogP contribution in [0.3, 0.4) is 0 Å². The molecule has 1 aromatic heterocycles. The SMILES string of the molecule is CC(C)CNC(=O)c1ccc2c(=O)n(Cc3ccccc3)c(SCC#N)nc2c1. The van der Waals surface area contributed by atoms with Gasteiger partial charge in [0.2, 0.25) is 0 Å². The average molecular weight is 407 g/mol. The van der Waals surface area contributed by atoms with Crippen LogP contribution in [0, 0.1) is 17.2 Å². The number of aromatic nitrogens is 2. The minimum atomic E-state index is -0.193. The number of benzene rings is 2. The van der Waals surface area contributed by atoms with E-state index in [0.29, 0.717) is 40.6 Å². The Morgan fingerprint density at radius 2 is 2.00 bits per heavy atom. The second kappa shape index (κ2) is 9.39. The summed E-state index contributed by atoms with van der Waals surface area (Å²) in [6, 6.07) is 16.6. The molecule has 7 heteroatoms. The Morgan fingerprint density at radius 3 is 2.69 bits per heavy atom. The predicted molar refractivity (Wildman–Crippen MR) is 115 cm³/mol. The van der Waals surface area contributed by atoms with E-state index in [4.69, 9.17) is 5.26 Å². The minimum absolute atomic E-state index is 0.182. The molecule has 0 aliphatic heterocycles. The van der Waals surface area contributed by atoms with Crippen molar-refractivity contribution in [1.29, 1.82) is 5.26 Å². The first-order valence-electron chi connectivity index (χ1n) is 9.36. The molecule has 0 radical (unpaired) electrons. The maximum atomic E-state index is 13.1. The number of nitrogens with zero attached hydrogens (tertiary/aromatic N) is 3. The van der Waals surface area contributed by atoms with Gasteiger partial charge in [0, 0.05) is 12.1 Å². The summed E-state index contributed by atoms with van der Waals surface area (Å²) in [5.74, 6) is 0.334. The molecule has 0 spiro atoms. The Kier molecular flexibility index (Phi) is 6.68. The number of nitrogens with one attached hydrogen (secondary N) is 1.